The van der Waals surface area contributed by atoms with Gasteiger partial charge in [0.15, 0.2) is 0 Å². The summed E-state index contributed by atoms with van der Waals surface area (Å²) >= 11 is 0. The molecule has 6 nitrogen and oxygen atoms in total. The first-order chi connectivity index (χ1) is 14.6. The molecule has 1 heterocycles. The van der Waals surface area contributed by atoms with Crippen LogP contribution in [0.3, 0.4) is 0 Å². The summed E-state index contributed by atoms with van der Waals surface area (Å²) in [6, 6.07) is 13.3. The molecule has 1 aliphatic rings. The second-order valence-electron chi connectivity index (χ2n) is 8.81. The number of rotatable bonds is 7. The number of carboxylic acid groups (broad SMARTS) is 1. The molecule has 0 aliphatic carbocycles. The van der Waals surface area contributed by atoms with Gasteiger partial charge in [-0.2, -0.15) is 5.26 Å². The highest BCUT2D eigenvalue weighted by Crippen LogP contribution is 2.30. The van der Waals surface area contributed by atoms with E-state index in [9.17, 15) is 20.0 Å². The van der Waals surface area contributed by atoms with Crippen molar-refractivity contribution in [3.63, 3.8) is 0 Å². The second-order valence-corrected chi connectivity index (χ2v) is 8.81. The number of fused-ring (bicyclic) bond motifs is 1. The van der Waals surface area contributed by atoms with E-state index in [-0.39, 0.29) is 17.9 Å². The molecular weight excluding hydrogens is 390 g/mol. The highest BCUT2D eigenvalue weighted by molar-refractivity contribution is 5.96. The number of nitrogens with one attached hydrogen (secondary N) is 2. The lowest BCUT2D eigenvalue weighted by molar-refractivity contribution is -0.142. The third-order valence-corrected chi connectivity index (χ3v) is 6.38. The van der Waals surface area contributed by atoms with Gasteiger partial charge in [-0.3, -0.25) is 9.59 Å². The van der Waals surface area contributed by atoms with Crippen LogP contribution >= 0.6 is 0 Å². The molecule has 1 amide bonds. The SMILES string of the molecule is Cc1ccc(C(C)(C)C(=O)O)cc1CCN[C@@H](C)[C@H]1Cc2c(C#N)cccc2NC1=O. The van der Waals surface area contributed by atoms with E-state index in [1.165, 1.54) is 0 Å². The van der Waals surface area contributed by atoms with Crippen LogP contribution in [0.25, 0.3) is 0 Å². The molecule has 0 bridgehead atoms. The first kappa shape index (κ1) is 22.5. The smallest absolute Gasteiger partial charge is 0.313 e. The normalized spacial score (nSPS) is 16.7. The fourth-order valence-corrected chi connectivity index (χ4v) is 4.00. The molecule has 0 radical (unpaired) electrons. The number of carbonyl (C=O) groups excluding carboxylic acids is 1. The van der Waals surface area contributed by atoms with Crippen LogP contribution in [0.15, 0.2) is 36.4 Å². The van der Waals surface area contributed by atoms with Crippen molar-refractivity contribution in [1.82, 2.24) is 5.32 Å². The average Bonchev–Trinajstić information content (AvgIpc) is 2.73. The third kappa shape index (κ3) is 4.62. The van der Waals surface area contributed by atoms with Gasteiger partial charge in [-0.05, 0) is 81.5 Å². The first-order valence-corrected chi connectivity index (χ1v) is 10.5. The Morgan fingerprint density at radius 1 is 1.35 bits per heavy atom. The van der Waals surface area contributed by atoms with E-state index in [0.717, 1.165) is 34.4 Å². The van der Waals surface area contributed by atoms with E-state index in [1.807, 2.05) is 38.1 Å². The lowest BCUT2D eigenvalue weighted by Crippen LogP contribution is -2.44. The minimum atomic E-state index is -0.949. The maximum atomic E-state index is 12.6. The molecule has 3 N–H and O–H groups in total. The summed E-state index contributed by atoms with van der Waals surface area (Å²) in [5, 5.41) is 25.3. The van der Waals surface area contributed by atoms with E-state index in [2.05, 4.69) is 16.7 Å². The minimum Gasteiger partial charge on any atom is -0.481 e. The number of benzene rings is 2. The first-order valence-electron chi connectivity index (χ1n) is 10.5. The zero-order valence-electron chi connectivity index (χ0n) is 18.5. The zero-order valence-corrected chi connectivity index (χ0v) is 18.5. The van der Waals surface area contributed by atoms with Gasteiger partial charge < -0.3 is 15.7 Å². The number of hydrogen-bond donors (Lipinski definition) is 3. The second kappa shape index (κ2) is 8.91. The lowest BCUT2D eigenvalue weighted by atomic mass is 9.83. The van der Waals surface area contributed by atoms with Gasteiger partial charge in [0.1, 0.15) is 0 Å². The van der Waals surface area contributed by atoms with E-state index in [4.69, 9.17) is 0 Å². The van der Waals surface area contributed by atoms with Crippen LogP contribution in [0.4, 0.5) is 5.69 Å². The number of carboxylic acids is 1. The van der Waals surface area contributed by atoms with Gasteiger partial charge in [0.25, 0.3) is 0 Å². The predicted molar refractivity (Wildman–Crippen MR) is 120 cm³/mol. The number of anilines is 1. The molecule has 0 unspecified atom stereocenters. The molecule has 1 aliphatic heterocycles. The van der Waals surface area contributed by atoms with Crippen molar-refractivity contribution < 1.29 is 14.7 Å². The van der Waals surface area contributed by atoms with Crippen LogP contribution in [0.1, 0.15) is 48.6 Å². The molecule has 2 aromatic rings. The van der Waals surface area contributed by atoms with Crippen LogP contribution in [-0.2, 0) is 27.8 Å². The summed E-state index contributed by atoms with van der Waals surface area (Å²) in [7, 11) is 0. The molecule has 2 aromatic carbocycles. The fraction of sp³-hybridized carbons (Fsp3) is 0.400. The van der Waals surface area contributed by atoms with Crippen molar-refractivity contribution in [2.75, 3.05) is 11.9 Å². The Morgan fingerprint density at radius 3 is 2.77 bits per heavy atom. The molecule has 0 saturated heterocycles. The Hall–Kier alpha value is -3.17. The van der Waals surface area contributed by atoms with Crippen LogP contribution in [0, 0.1) is 24.2 Å². The standard InChI is InChI=1S/C25H29N3O3/c1-15-8-9-19(25(3,4)24(30)31)12-17(15)10-11-27-16(2)20-13-21-18(14-26)6-5-7-22(21)28-23(20)29/h5-9,12,16,20,27H,10-11,13H2,1-4H3,(H,28,29)(H,30,31)/t16-,20+/m0/s1. The number of carbonyl (C=O) groups is 2. The van der Waals surface area contributed by atoms with Gasteiger partial charge in [0.2, 0.25) is 5.91 Å². The van der Waals surface area contributed by atoms with Crippen LogP contribution in [-0.4, -0.2) is 29.6 Å². The van der Waals surface area contributed by atoms with Gasteiger partial charge in [0, 0.05) is 11.7 Å². The molecule has 0 fully saturated rings. The van der Waals surface area contributed by atoms with Crippen molar-refractivity contribution in [3.8, 4) is 6.07 Å². The van der Waals surface area contributed by atoms with Crippen molar-refractivity contribution in [3.05, 3.63) is 64.2 Å². The largest absolute Gasteiger partial charge is 0.481 e. The maximum absolute atomic E-state index is 12.6. The van der Waals surface area contributed by atoms with E-state index in [1.54, 1.807) is 26.0 Å². The Bertz CT molecular complexity index is 1050. The van der Waals surface area contributed by atoms with Crippen molar-refractivity contribution in [2.24, 2.45) is 5.92 Å². The van der Waals surface area contributed by atoms with Crippen LogP contribution in [0.5, 0.6) is 0 Å². The van der Waals surface area contributed by atoms with E-state index < -0.39 is 11.4 Å². The van der Waals surface area contributed by atoms with Crippen molar-refractivity contribution in [2.45, 2.75) is 52.0 Å². The highest BCUT2D eigenvalue weighted by atomic mass is 16.4. The highest BCUT2D eigenvalue weighted by Gasteiger charge is 2.32. The van der Waals surface area contributed by atoms with Gasteiger partial charge in [-0.1, -0.05) is 24.3 Å². The predicted octanol–water partition coefficient (Wildman–Crippen LogP) is 3.56. The lowest BCUT2D eigenvalue weighted by Gasteiger charge is -2.30. The molecule has 0 aromatic heterocycles. The molecule has 162 valence electrons. The summed E-state index contributed by atoms with van der Waals surface area (Å²) in [4.78, 5) is 24.2. The molecule has 2 atom stereocenters. The average molecular weight is 420 g/mol. The summed E-state index contributed by atoms with van der Waals surface area (Å²) in [5.41, 5.74) is 4.25. The van der Waals surface area contributed by atoms with Gasteiger partial charge in [-0.25, -0.2) is 0 Å². The van der Waals surface area contributed by atoms with E-state index >= 15 is 0 Å². The maximum Gasteiger partial charge on any atom is 0.313 e. The number of aliphatic carboxylic acids is 1. The number of hydrogen-bond acceptors (Lipinski definition) is 4. The Morgan fingerprint density at radius 2 is 2.10 bits per heavy atom. The molecular formula is C25H29N3O3. The summed E-state index contributed by atoms with van der Waals surface area (Å²) < 4.78 is 0. The number of aryl methyl sites for hydroxylation is 1. The van der Waals surface area contributed by atoms with E-state index in [0.29, 0.717) is 18.5 Å². The quantitative estimate of drug-likeness (QED) is 0.637. The van der Waals surface area contributed by atoms with Crippen molar-refractivity contribution in [1.29, 1.82) is 5.26 Å². The van der Waals surface area contributed by atoms with Crippen molar-refractivity contribution >= 4 is 17.6 Å². The Labute approximate surface area is 183 Å². The minimum absolute atomic E-state index is 0.0380. The Balaban J connectivity index is 1.67. The number of amides is 1. The monoisotopic (exact) mass is 419 g/mol. The zero-order chi connectivity index (χ0) is 22.8. The van der Waals surface area contributed by atoms with Crippen LogP contribution < -0.4 is 10.6 Å². The summed E-state index contributed by atoms with van der Waals surface area (Å²) in [5.74, 6) is -1.15. The molecule has 31 heavy (non-hydrogen) atoms. The molecule has 0 spiro atoms. The molecule has 0 saturated carbocycles. The van der Waals surface area contributed by atoms with Crippen LogP contribution in [0.2, 0.25) is 0 Å². The fourth-order valence-electron chi connectivity index (χ4n) is 4.00. The Kier molecular flexibility index (Phi) is 6.47. The van der Waals surface area contributed by atoms with Gasteiger partial charge in [-0.15, -0.1) is 0 Å². The molecule has 6 heteroatoms. The number of nitriles is 1. The third-order valence-electron chi connectivity index (χ3n) is 6.38. The number of nitrogens with zero attached hydrogens (tertiary/aromatic N) is 1. The topological polar surface area (TPSA) is 102 Å². The summed E-state index contributed by atoms with van der Waals surface area (Å²) in [6.45, 7) is 8.08. The van der Waals surface area contributed by atoms with Gasteiger partial charge >= 0.3 is 5.97 Å². The summed E-state index contributed by atoms with van der Waals surface area (Å²) in [6.07, 6.45) is 1.26. The van der Waals surface area contributed by atoms with Gasteiger partial charge in [0.05, 0.1) is 23.0 Å². The molecule has 3 rings (SSSR count).